The maximum absolute atomic E-state index is 14.0. The number of thioether (sulfide) groups is 1. The van der Waals surface area contributed by atoms with Gasteiger partial charge in [0.1, 0.15) is 5.82 Å². The van der Waals surface area contributed by atoms with Crippen molar-refractivity contribution < 1.29 is 4.39 Å². The third-order valence-corrected chi connectivity index (χ3v) is 5.29. The highest BCUT2D eigenvalue weighted by atomic mass is 35.5. The molecule has 0 radical (unpaired) electrons. The zero-order chi connectivity index (χ0) is 18.1. The first kappa shape index (κ1) is 17.0. The van der Waals surface area contributed by atoms with Crippen LogP contribution >= 0.6 is 23.4 Å². The number of hydrogen-bond acceptors (Lipinski definition) is 4. The first-order valence-electron chi connectivity index (χ1n) is 7.97. The molecule has 0 bridgehead atoms. The van der Waals surface area contributed by atoms with E-state index >= 15 is 0 Å². The van der Waals surface area contributed by atoms with Gasteiger partial charge in [0.2, 0.25) is 5.16 Å². The van der Waals surface area contributed by atoms with Crippen molar-refractivity contribution in [3.63, 3.8) is 0 Å². The van der Waals surface area contributed by atoms with E-state index in [1.165, 1.54) is 23.4 Å². The molecule has 0 aliphatic carbocycles. The molecule has 0 N–H and O–H groups in total. The second kappa shape index (κ2) is 7.05. The predicted molar refractivity (Wildman–Crippen MR) is 102 cm³/mol. The number of aryl methyl sites for hydroxylation is 1. The van der Waals surface area contributed by atoms with Gasteiger partial charge in [0.25, 0.3) is 0 Å². The average Bonchev–Trinajstić information content (AvgIpc) is 3.04. The number of halogens is 2. The molecular weight excluding hydrogens is 371 g/mol. The van der Waals surface area contributed by atoms with Crippen molar-refractivity contribution in [2.75, 3.05) is 0 Å². The van der Waals surface area contributed by atoms with Crippen molar-refractivity contribution >= 4 is 29.0 Å². The van der Waals surface area contributed by atoms with E-state index in [-0.39, 0.29) is 5.82 Å². The molecule has 2 heterocycles. The smallest absolute Gasteiger partial charge is 0.207 e. The molecule has 2 aromatic carbocycles. The zero-order valence-corrected chi connectivity index (χ0v) is 15.4. The normalized spacial score (nSPS) is 11.2. The molecule has 130 valence electrons. The van der Waals surface area contributed by atoms with Crippen LogP contribution < -0.4 is 0 Å². The predicted octanol–water partition coefficient (Wildman–Crippen LogP) is 5.18. The van der Waals surface area contributed by atoms with Gasteiger partial charge in [-0.05, 0) is 31.2 Å². The third-order valence-electron chi connectivity index (χ3n) is 3.99. The summed E-state index contributed by atoms with van der Waals surface area (Å²) in [7, 11) is 0. The maximum atomic E-state index is 14.0. The number of rotatable bonds is 4. The summed E-state index contributed by atoms with van der Waals surface area (Å²) in [5, 5.41) is 13.9. The highest BCUT2D eigenvalue weighted by Gasteiger charge is 2.13. The van der Waals surface area contributed by atoms with Crippen LogP contribution in [0.5, 0.6) is 0 Å². The lowest BCUT2D eigenvalue weighted by Crippen LogP contribution is -1.97. The lowest BCUT2D eigenvalue weighted by molar-refractivity contribution is 0.617. The Hall–Kier alpha value is -2.44. The molecule has 0 atom stereocenters. The molecule has 7 heteroatoms. The fourth-order valence-electron chi connectivity index (χ4n) is 2.54. The standard InChI is InChI=1S/C19H14ClFN4S/c1-12-5-7-13(8-6-12)17-9-10-18-22-23-19(25(18)24-17)26-11-14-15(20)3-2-4-16(14)21/h2-10H,11H2,1H3. The Bertz CT molecular complexity index is 1060. The van der Waals surface area contributed by atoms with Crippen LogP contribution in [0, 0.1) is 12.7 Å². The Labute approximate surface area is 159 Å². The lowest BCUT2D eigenvalue weighted by Gasteiger charge is -2.05. The average molecular weight is 385 g/mol. The van der Waals surface area contributed by atoms with Crippen LogP contribution in [0.4, 0.5) is 4.39 Å². The molecule has 4 rings (SSSR count). The number of fused-ring (bicyclic) bond motifs is 1. The number of nitrogens with zero attached hydrogens (tertiary/aromatic N) is 4. The van der Waals surface area contributed by atoms with Crippen LogP contribution in [0.1, 0.15) is 11.1 Å². The Morgan fingerprint density at radius 2 is 1.85 bits per heavy atom. The van der Waals surface area contributed by atoms with E-state index < -0.39 is 0 Å². The van der Waals surface area contributed by atoms with Gasteiger partial charge in [-0.3, -0.25) is 0 Å². The lowest BCUT2D eigenvalue weighted by atomic mass is 10.1. The van der Waals surface area contributed by atoms with Gasteiger partial charge in [0.05, 0.1) is 5.69 Å². The summed E-state index contributed by atoms with van der Waals surface area (Å²) in [5.74, 6) is 0.0232. The van der Waals surface area contributed by atoms with Crippen molar-refractivity contribution in [3.05, 3.63) is 76.6 Å². The van der Waals surface area contributed by atoms with E-state index in [4.69, 9.17) is 11.6 Å². The molecule has 2 aromatic heterocycles. The maximum Gasteiger partial charge on any atom is 0.212 e. The summed E-state index contributed by atoms with van der Waals surface area (Å²) in [6.45, 7) is 2.04. The summed E-state index contributed by atoms with van der Waals surface area (Å²) >= 11 is 7.44. The summed E-state index contributed by atoms with van der Waals surface area (Å²) in [5.41, 5.74) is 4.12. The molecule has 0 amide bonds. The minimum atomic E-state index is -0.327. The van der Waals surface area contributed by atoms with Crippen molar-refractivity contribution in [1.82, 2.24) is 19.8 Å². The van der Waals surface area contributed by atoms with Gasteiger partial charge >= 0.3 is 0 Å². The molecule has 0 aliphatic rings. The molecule has 0 aliphatic heterocycles. The molecule has 0 saturated heterocycles. The molecule has 26 heavy (non-hydrogen) atoms. The van der Waals surface area contributed by atoms with E-state index in [0.717, 1.165) is 11.3 Å². The fraction of sp³-hybridized carbons (Fsp3) is 0.105. The third kappa shape index (κ3) is 3.30. The zero-order valence-electron chi connectivity index (χ0n) is 13.9. The van der Waals surface area contributed by atoms with Crippen LogP contribution in [0.2, 0.25) is 5.02 Å². The highest BCUT2D eigenvalue weighted by molar-refractivity contribution is 7.98. The summed E-state index contributed by atoms with van der Waals surface area (Å²) in [6.07, 6.45) is 0. The van der Waals surface area contributed by atoms with E-state index in [1.54, 1.807) is 16.6 Å². The molecule has 0 saturated carbocycles. The highest BCUT2D eigenvalue weighted by Crippen LogP contribution is 2.28. The Kier molecular flexibility index (Phi) is 4.61. The second-order valence-corrected chi connectivity index (χ2v) is 7.18. The van der Waals surface area contributed by atoms with Gasteiger partial charge in [-0.2, -0.15) is 9.61 Å². The first-order chi connectivity index (χ1) is 12.6. The van der Waals surface area contributed by atoms with Gasteiger partial charge in [0, 0.05) is 21.9 Å². The number of hydrogen-bond donors (Lipinski definition) is 0. The Morgan fingerprint density at radius 3 is 2.62 bits per heavy atom. The monoisotopic (exact) mass is 384 g/mol. The van der Waals surface area contributed by atoms with E-state index in [2.05, 4.69) is 15.3 Å². The molecular formula is C19H14ClFN4S. The first-order valence-corrected chi connectivity index (χ1v) is 9.33. The van der Waals surface area contributed by atoms with Crippen LogP contribution in [-0.2, 0) is 5.75 Å². The minimum Gasteiger partial charge on any atom is -0.207 e. The van der Waals surface area contributed by atoms with Gasteiger partial charge in [-0.1, -0.05) is 59.3 Å². The molecule has 0 unspecified atom stereocenters. The van der Waals surface area contributed by atoms with Crippen molar-refractivity contribution in [2.45, 2.75) is 17.8 Å². The minimum absolute atomic E-state index is 0.327. The fourth-order valence-corrected chi connectivity index (χ4v) is 3.78. The van der Waals surface area contributed by atoms with Crippen molar-refractivity contribution in [3.8, 4) is 11.3 Å². The van der Waals surface area contributed by atoms with Crippen LogP contribution in [-0.4, -0.2) is 19.8 Å². The SMILES string of the molecule is Cc1ccc(-c2ccc3nnc(SCc4c(F)cccc4Cl)n3n2)cc1. The van der Waals surface area contributed by atoms with Gasteiger partial charge in [-0.15, -0.1) is 10.2 Å². The molecule has 4 aromatic rings. The summed E-state index contributed by atoms with van der Waals surface area (Å²) < 4.78 is 15.6. The molecule has 0 fully saturated rings. The Morgan fingerprint density at radius 1 is 1.04 bits per heavy atom. The molecule has 0 spiro atoms. The van der Waals surface area contributed by atoms with Gasteiger partial charge < -0.3 is 0 Å². The number of benzene rings is 2. The van der Waals surface area contributed by atoms with Gasteiger partial charge in [-0.25, -0.2) is 4.39 Å². The largest absolute Gasteiger partial charge is 0.212 e. The van der Waals surface area contributed by atoms with E-state index in [0.29, 0.717) is 27.1 Å². The van der Waals surface area contributed by atoms with Crippen molar-refractivity contribution in [2.24, 2.45) is 0 Å². The van der Waals surface area contributed by atoms with E-state index in [9.17, 15) is 4.39 Å². The number of aromatic nitrogens is 4. The summed E-state index contributed by atoms with van der Waals surface area (Å²) in [6, 6.07) is 16.6. The van der Waals surface area contributed by atoms with Gasteiger partial charge in [0.15, 0.2) is 5.65 Å². The van der Waals surface area contributed by atoms with Crippen LogP contribution in [0.15, 0.2) is 59.8 Å². The van der Waals surface area contributed by atoms with Crippen LogP contribution in [0.3, 0.4) is 0 Å². The quantitative estimate of drug-likeness (QED) is 0.454. The Balaban J connectivity index is 1.65. The van der Waals surface area contributed by atoms with E-state index in [1.807, 2.05) is 43.3 Å². The van der Waals surface area contributed by atoms with Crippen LogP contribution in [0.25, 0.3) is 16.9 Å². The summed E-state index contributed by atoms with van der Waals surface area (Å²) in [4.78, 5) is 0. The second-order valence-electron chi connectivity index (χ2n) is 5.83. The molecule has 4 nitrogen and oxygen atoms in total. The topological polar surface area (TPSA) is 43.1 Å². The van der Waals surface area contributed by atoms with Crippen molar-refractivity contribution in [1.29, 1.82) is 0 Å².